The van der Waals surface area contributed by atoms with Crippen molar-refractivity contribution in [3.8, 4) is 0 Å². The summed E-state index contributed by atoms with van der Waals surface area (Å²) in [5.74, 6) is 2.68. The highest BCUT2D eigenvalue weighted by Gasteiger charge is 2.23. The quantitative estimate of drug-likeness (QED) is 0.778. The van der Waals surface area contributed by atoms with Crippen LogP contribution in [0.4, 0.5) is 0 Å². The lowest BCUT2D eigenvalue weighted by molar-refractivity contribution is 0.302. The van der Waals surface area contributed by atoms with Gasteiger partial charge in [-0.3, -0.25) is 0 Å². The molecule has 19 heavy (non-hydrogen) atoms. The molecular formula is C16H26N2S. The van der Waals surface area contributed by atoms with Gasteiger partial charge in [0.2, 0.25) is 0 Å². The molecule has 1 saturated carbocycles. The van der Waals surface area contributed by atoms with Crippen molar-refractivity contribution in [3.63, 3.8) is 0 Å². The van der Waals surface area contributed by atoms with E-state index >= 15 is 0 Å². The van der Waals surface area contributed by atoms with Crippen LogP contribution in [0.15, 0.2) is 0 Å². The van der Waals surface area contributed by atoms with Gasteiger partial charge in [-0.15, -0.1) is 0 Å². The first-order chi connectivity index (χ1) is 9.15. The van der Waals surface area contributed by atoms with Crippen molar-refractivity contribution in [2.24, 2.45) is 5.92 Å². The monoisotopic (exact) mass is 278 g/mol. The lowest BCUT2D eigenvalue weighted by Gasteiger charge is -2.28. The zero-order chi connectivity index (χ0) is 13.8. The van der Waals surface area contributed by atoms with Crippen LogP contribution < -0.4 is 0 Å². The Morgan fingerprint density at radius 1 is 1.21 bits per heavy atom. The van der Waals surface area contributed by atoms with Gasteiger partial charge < -0.3 is 4.98 Å². The molecule has 1 aromatic heterocycles. The molecule has 0 saturated heterocycles. The summed E-state index contributed by atoms with van der Waals surface area (Å²) in [5.41, 5.74) is 2.42. The van der Waals surface area contributed by atoms with Crippen LogP contribution in [-0.2, 0) is 6.42 Å². The molecule has 2 nitrogen and oxygen atoms in total. The fourth-order valence-corrected chi connectivity index (χ4v) is 3.50. The number of nitrogens with zero attached hydrogens (tertiary/aromatic N) is 1. The Kier molecular flexibility index (Phi) is 5.14. The van der Waals surface area contributed by atoms with Gasteiger partial charge in [-0.05, 0) is 44.9 Å². The molecule has 0 unspecified atom stereocenters. The molecule has 1 fully saturated rings. The van der Waals surface area contributed by atoms with Crippen molar-refractivity contribution >= 4 is 12.2 Å². The third-order valence-corrected chi connectivity index (χ3v) is 4.96. The third kappa shape index (κ3) is 3.44. The first-order valence-electron chi connectivity index (χ1n) is 7.75. The summed E-state index contributed by atoms with van der Waals surface area (Å²) in [7, 11) is 0. The Balaban J connectivity index is 2.11. The summed E-state index contributed by atoms with van der Waals surface area (Å²) < 4.78 is 0.793. The third-order valence-electron chi connectivity index (χ3n) is 4.56. The zero-order valence-corrected chi connectivity index (χ0v) is 13.3. The maximum atomic E-state index is 5.40. The molecule has 0 bridgehead atoms. The van der Waals surface area contributed by atoms with Gasteiger partial charge in [0.25, 0.3) is 0 Å². The van der Waals surface area contributed by atoms with E-state index in [0.29, 0.717) is 5.92 Å². The van der Waals surface area contributed by atoms with Crippen LogP contribution in [0.2, 0.25) is 0 Å². The van der Waals surface area contributed by atoms with E-state index in [1.54, 1.807) is 0 Å². The number of rotatable bonds is 4. The van der Waals surface area contributed by atoms with Crippen molar-refractivity contribution < 1.29 is 0 Å². The molecule has 1 aliphatic rings. The lowest BCUT2D eigenvalue weighted by atomic mass is 9.79. The van der Waals surface area contributed by atoms with Gasteiger partial charge in [-0.2, -0.15) is 0 Å². The molecular weight excluding hydrogens is 252 g/mol. The first kappa shape index (κ1) is 14.7. The second-order valence-electron chi connectivity index (χ2n) is 5.89. The number of nitrogens with one attached hydrogen (secondary N) is 1. The molecule has 0 spiro atoms. The fraction of sp³-hybridized carbons (Fsp3) is 0.750. The summed E-state index contributed by atoms with van der Waals surface area (Å²) in [6.07, 6.45) is 8.98. The van der Waals surface area contributed by atoms with Crippen molar-refractivity contribution in [2.75, 3.05) is 0 Å². The predicted molar refractivity (Wildman–Crippen MR) is 83.1 cm³/mol. The molecule has 0 atom stereocenters. The van der Waals surface area contributed by atoms with Crippen LogP contribution in [-0.4, -0.2) is 9.97 Å². The van der Waals surface area contributed by atoms with Crippen molar-refractivity contribution in [2.45, 2.75) is 71.6 Å². The number of hydrogen-bond donors (Lipinski definition) is 1. The minimum Gasteiger partial charge on any atom is -0.347 e. The van der Waals surface area contributed by atoms with E-state index in [1.165, 1.54) is 44.2 Å². The largest absolute Gasteiger partial charge is 0.347 e. The summed E-state index contributed by atoms with van der Waals surface area (Å²) >= 11 is 5.40. The normalized spacial score (nSPS) is 23.5. The van der Waals surface area contributed by atoms with Gasteiger partial charge in [-0.1, -0.05) is 38.9 Å². The van der Waals surface area contributed by atoms with E-state index in [-0.39, 0.29) is 0 Å². The molecule has 1 aromatic rings. The summed E-state index contributed by atoms with van der Waals surface area (Å²) in [4.78, 5) is 8.18. The van der Waals surface area contributed by atoms with E-state index in [1.807, 2.05) is 0 Å². The van der Waals surface area contributed by atoms with E-state index < -0.39 is 0 Å². The number of H-pyrrole nitrogens is 1. The zero-order valence-electron chi connectivity index (χ0n) is 12.5. The van der Waals surface area contributed by atoms with Gasteiger partial charge in [0.05, 0.1) is 0 Å². The van der Waals surface area contributed by atoms with Crippen LogP contribution in [0.3, 0.4) is 0 Å². The van der Waals surface area contributed by atoms with Gasteiger partial charge in [0.1, 0.15) is 10.5 Å². The fourth-order valence-electron chi connectivity index (χ4n) is 3.28. The maximum Gasteiger partial charge on any atom is 0.132 e. The minimum atomic E-state index is 0.598. The molecule has 106 valence electrons. The summed E-state index contributed by atoms with van der Waals surface area (Å²) in [6.45, 7) is 6.54. The Hall–Kier alpha value is -0.700. The van der Waals surface area contributed by atoms with Gasteiger partial charge >= 0.3 is 0 Å². The van der Waals surface area contributed by atoms with Crippen molar-refractivity contribution in [3.05, 3.63) is 21.7 Å². The molecule has 1 aliphatic carbocycles. The Morgan fingerprint density at radius 2 is 1.89 bits per heavy atom. The standard InChI is InChI=1S/C16H26N2S/c1-4-6-12-7-9-13(10-8-12)15-17-14(5-2)11(3)16(19)18-15/h12-13H,4-10H2,1-3H3,(H,17,18,19). The average molecular weight is 278 g/mol. The van der Waals surface area contributed by atoms with E-state index in [0.717, 1.165) is 28.4 Å². The molecule has 0 amide bonds. The highest BCUT2D eigenvalue weighted by Crippen LogP contribution is 2.36. The molecule has 3 heteroatoms. The maximum absolute atomic E-state index is 5.40. The van der Waals surface area contributed by atoms with E-state index in [4.69, 9.17) is 12.2 Å². The molecule has 1 heterocycles. The molecule has 1 N–H and O–H groups in total. The van der Waals surface area contributed by atoms with Crippen molar-refractivity contribution in [1.29, 1.82) is 0 Å². The average Bonchev–Trinajstić information content (AvgIpc) is 2.43. The van der Waals surface area contributed by atoms with Crippen LogP contribution >= 0.6 is 12.2 Å². The first-order valence-corrected chi connectivity index (χ1v) is 8.16. The lowest BCUT2D eigenvalue weighted by Crippen LogP contribution is -2.16. The van der Waals surface area contributed by atoms with E-state index in [2.05, 4.69) is 30.7 Å². The summed E-state index contributed by atoms with van der Waals surface area (Å²) in [6, 6.07) is 0. The highest BCUT2D eigenvalue weighted by atomic mass is 32.1. The smallest absolute Gasteiger partial charge is 0.132 e. The Bertz CT molecular complexity index is 470. The molecule has 0 aliphatic heterocycles. The number of hydrogen-bond acceptors (Lipinski definition) is 2. The second-order valence-corrected chi connectivity index (χ2v) is 6.28. The van der Waals surface area contributed by atoms with Gasteiger partial charge in [-0.25, -0.2) is 4.98 Å². The number of aromatic nitrogens is 2. The van der Waals surface area contributed by atoms with Crippen LogP contribution in [0, 0.1) is 17.5 Å². The predicted octanol–water partition coefficient (Wildman–Crippen LogP) is 5.08. The Labute approximate surface area is 122 Å². The van der Waals surface area contributed by atoms with E-state index in [9.17, 15) is 0 Å². The minimum absolute atomic E-state index is 0.598. The highest BCUT2D eigenvalue weighted by molar-refractivity contribution is 7.71. The molecule has 0 radical (unpaired) electrons. The van der Waals surface area contributed by atoms with Crippen molar-refractivity contribution in [1.82, 2.24) is 9.97 Å². The number of aromatic amines is 1. The number of aryl methyl sites for hydroxylation is 1. The van der Waals surface area contributed by atoms with Crippen LogP contribution in [0.1, 0.15) is 75.4 Å². The van der Waals surface area contributed by atoms with Gasteiger partial charge in [0, 0.05) is 17.2 Å². The van der Waals surface area contributed by atoms with Crippen LogP contribution in [0.25, 0.3) is 0 Å². The van der Waals surface area contributed by atoms with Gasteiger partial charge in [0.15, 0.2) is 0 Å². The van der Waals surface area contributed by atoms with Crippen LogP contribution in [0.5, 0.6) is 0 Å². The Morgan fingerprint density at radius 3 is 2.47 bits per heavy atom. The second kappa shape index (κ2) is 6.65. The topological polar surface area (TPSA) is 28.7 Å². The SMILES string of the molecule is CCCC1CCC(c2nc(=S)c(C)c(CC)[nH]2)CC1. The summed E-state index contributed by atoms with van der Waals surface area (Å²) in [5, 5.41) is 0. The molecule has 2 rings (SSSR count). The molecule has 0 aromatic carbocycles.